The maximum absolute atomic E-state index is 13.1. The number of thioether (sulfide) groups is 1. The lowest BCUT2D eigenvalue weighted by Crippen LogP contribution is -2.28. The van der Waals surface area contributed by atoms with E-state index in [1.807, 2.05) is 24.5 Å². The number of anilines is 1. The third-order valence-corrected chi connectivity index (χ3v) is 5.17. The highest BCUT2D eigenvalue weighted by molar-refractivity contribution is 7.98. The van der Waals surface area contributed by atoms with Crippen molar-refractivity contribution in [3.05, 3.63) is 83.0 Å². The molecule has 0 aliphatic carbocycles. The Morgan fingerprint density at radius 1 is 1.16 bits per heavy atom. The van der Waals surface area contributed by atoms with E-state index in [1.165, 1.54) is 35.0 Å². The number of aromatic nitrogens is 3. The van der Waals surface area contributed by atoms with Gasteiger partial charge in [0.25, 0.3) is 11.4 Å². The van der Waals surface area contributed by atoms with E-state index in [0.29, 0.717) is 11.3 Å². The van der Waals surface area contributed by atoms with Crippen LogP contribution < -0.4 is 10.9 Å². The second-order valence-electron chi connectivity index (χ2n) is 6.57. The van der Waals surface area contributed by atoms with Gasteiger partial charge in [-0.3, -0.25) is 9.59 Å². The average Bonchev–Trinajstić information content (AvgIpc) is 3.26. The van der Waals surface area contributed by atoms with E-state index in [1.54, 1.807) is 30.0 Å². The number of carbonyl (C=O) groups is 1. The summed E-state index contributed by atoms with van der Waals surface area (Å²) in [6.07, 6.45) is 3.46. The molecule has 0 saturated carbocycles. The number of amides is 1. The van der Waals surface area contributed by atoms with Gasteiger partial charge >= 0.3 is 0 Å². The summed E-state index contributed by atoms with van der Waals surface area (Å²) in [6.45, 7) is -0.172. The Balaban J connectivity index is 1.54. The van der Waals surface area contributed by atoms with Crippen LogP contribution in [0.2, 0.25) is 0 Å². The second-order valence-corrected chi connectivity index (χ2v) is 7.44. The molecule has 4 rings (SSSR count). The molecule has 31 heavy (non-hydrogen) atoms. The Hall–Kier alpha value is -3.72. The van der Waals surface area contributed by atoms with Crippen molar-refractivity contribution in [2.24, 2.45) is 0 Å². The van der Waals surface area contributed by atoms with Gasteiger partial charge in [-0.2, -0.15) is 4.98 Å². The molecular formula is C22H17FN4O3S. The molecule has 156 valence electrons. The molecule has 1 N–H and O–H groups in total. The van der Waals surface area contributed by atoms with Crippen molar-refractivity contribution in [2.75, 3.05) is 11.6 Å². The molecule has 0 aliphatic rings. The summed E-state index contributed by atoms with van der Waals surface area (Å²) in [6, 6.07) is 16.2. The number of nitrogens with zero attached hydrogens (tertiary/aromatic N) is 3. The lowest BCUT2D eigenvalue weighted by Gasteiger charge is -2.09. The van der Waals surface area contributed by atoms with Gasteiger partial charge in [-0.15, -0.1) is 11.8 Å². The van der Waals surface area contributed by atoms with Crippen molar-refractivity contribution in [3.8, 4) is 22.8 Å². The number of halogens is 1. The highest BCUT2D eigenvalue weighted by Gasteiger charge is 2.16. The number of carbonyl (C=O) groups excluding carboxylic acids is 1. The van der Waals surface area contributed by atoms with E-state index in [2.05, 4.69) is 15.5 Å². The topological polar surface area (TPSA) is 90.0 Å². The van der Waals surface area contributed by atoms with Crippen LogP contribution in [0.5, 0.6) is 0 Å². The van der Waals surface area contributed by atoms with Gasteiger partial charge in [0.2, 0.25) is 11.7 Å². The average molecular weight is 436 g/mol. The van der Waals surface area contributed by atoms with Gasteiger partial charge in [0.15, 0.2) is 0 Å². The Kier molecular flexibility index (Phi) is 5.94. The molecule has 0 atom stereocenters. The van der Waals surface area contributed by atoms with Crippen LogP contribution in [-0.2, 0) is 11.3 Å². The van der Waals surface area contributed by atoms with Crippen LogP contribution in [0.3, 0.4) is 0 Å². The lowest BCUT2D eigenvalue weighted by molar-refractivity contribution is -0.116. The minimum atomic E-state index is -0.440. The summed E-state index contributed by atoms with van der Waals surface area (Å²) in [4.78, 5) is 30.5. The molecule has 1 amide bonds. The molecule has 9 heteroatoms. The summed E-state index contributed by atoms with van der Waals surface area (Å²) in [5.41, 5.74) is 0.937. The minimum Gasteiger partial charge on any atom is -0.333 e. The predicted octanol–water partition coefficient (Wildman–Crippen LogP) is 4.07. The number of benzene rings is 2. The van der Waals surface area contributed by atoms with Crippen molar-refractivity contribution in [1.82, 2.24) is 14.7 Å². The normalized spacial score (nSPS) is 10.8. The molecule has 0 spiro atoms. The number of rotatable bonds is 6. The molecule has 7 nitrogen and oxygen atoms in total. The fraction of sp³-hybridized carbons (Fsp3) is 0.0909. The van der Waals surface area contributed by atoms with E-state index in [4.69, 9.17) is 4.52 Å². The SMILES string of the molecule is CSc1cccc(NC(=O)Cn2cccc(-c3nc(-c4ccc(F)cc4)no3)c2=O)c1. The lowest BCUT2D eigenvalue weighted by atomic mass is 10.2. The molecule has 4 aromatic rings. The maximum Gasteiger partial charge on any atom is 0.263 e. The molecule has 0 saturated heterocycles. The van der Waals surface area contributed by atoms with Gasteiger partial charge in [0.1, 0.15) is 17.9 Å². The molecular weight excluding hydrogens is 419 g/mol. The van der Waals surface area contributed by atoms with Crippen LogP contribution in [-0.4, -0.2) is 26.9 Å². The summed E-state index contributed by atoms with van der Waals surface area (Å²) < 4.78 is 19.6. The molecule has 0 aliphatic heterocycles. The van der Waals surface area contributed by atoms with E-state index >= 15 is 0 Å². The van der Waals surface area contributed by atoms with Crippen molar-refractivity contribution >= 4 is 23.4 Å². The Labute approximate surface area is 180 Å². The van der Waals surface area contributed by atoms with Crippen LogP contribution >= 0.6 is 11.8 Å². The number of nitrogens with one attached hydrogen (secondary N) is 1. The standard InChI is InChI=1S/C22H17FN4O3S/c1-31-17-5-2-4-16(12-17)24-19(28)13-27-11-3-6-18(22(27)29)21-25-20(26-30-21)14-7-9-15(23)10-8-14/h2-12H,13H2,1H3,(H,24,28). The van der Waals surface area contributed by atoms with Crippen molar-refractivity contribution < 1.29 is 13.7 Å². The zero-order chi connectivity index (χ0) is 21.8. The highest BCUT2D eigenvalue weighted by Crippen LogP contribution is 2.21. The number of hydrogen-bond donors (Lipinski definition) is 1. The number of pyridine rings is 1. The van der Waals surface area contributed by atoms with Gasteiger partial charge in [0, 0.05) is 22.3 Å². The minimum absolute atomic E-state index is 0.0201. The van der Waals surface area contributed by atoms with Gasteiger partial charge in [-0.05, 0) is 60.9 Å². The first-order chi connectivity index (χ1) is 15.0. The van der Waals surface area contributed by atoms with Gasteiger partial charge in [0.05, 0.1) is 0 Å². The summed E-state index contributed by atoms with van der Waals surface area (Å²) in [7, 11) is 0. The molecule has 2 aromatic heterocycles. The van der Waals surface area contributed by atoms with E-state index in [9.17, 15) is 14.0 Å². The fourth-order valence-electron chi connectivity index (χ4n) is 2.93. The van der Waals surface area contributed by atoms with E-state index in [0.717, 1.165) is 4.90 Å². The van der Waals surface area contributed by atoms with Crippen molar-refractivity contribution in [3.63, 3.8) is 0 Å². The zero-order valence-corrected chi connectivity index (χ0v) is 17.2. The van der Waals surface area contributed by atoms with Crippen molar-refractivity contribution in [1.29, 1.82) is 0 Å². The molecule has 2 heterocycles. The third kappa shape index (κ3) is 4.72. The summed E-state index contributed by atoms with van der Waals surface area (Å²) in [5.74, 6) is -0.463. The van der Waals surface area contributed by atoms with E-state index in [-0.39, 0.29) is 35.5 Å². The maximum atomic E-state index is 13.1. The Morgan fingerprint density at radius 2 is 1.97 bits per heavy atom. The van der Waals surface area contributed by atoms with Crippen LogP contribution in [0.1, 0.15) is 0 Å². The first-order valence-corrected chi connectivity index (χ1v) is 10.5. The van der Waals surface area contributed by atoms with Crippen molar-refractivity contribution in [2.45, 2.75) is 11.4 Å². The van der Waals surface area contributed by atoms with E-state index < -0.39 is 5.56 Å². The summed E-state index contributed by atoms with van der Waals surface area (Å²) in [5, 5.41) is 6.65. The van der Waals surface area contributed by atoms with Crippen LogP contribution in [0.25, 0.3) is 22.8 Å². The number of hydrogen-bond acceptors (Lipinski definition) is 6. The molecule has 0 radical (unpaired) electrons. The smallest absolute Gasteiger partial charge is 0.263 e. The van der Waals surface area contributed by atoms with Gasteiger partial charge in [-0.25, -0.2) is 4.39 Å². The van der Waals surface area contributed by atoms with Crippen LogP contribution in [0.4, 0.5) is 10.1 Å². The van der Waals surface area contributed by atoms with Gasteiger partial charge in [-0.1, -0.05) is 11.2 Å². The predicted molar refractivity (Wildman–Crippen MR) is 116 cm³/mol. The van der Waals surface area contributed by atoms with Gasteiger partial charge < -0.3 is 14.4 Å². The van der Waals surface area contributed by atoms with Crippen LogP contribution in [0, 0.1) is 5.82 Å². The third-order valence-electron chi connectivity index (χ3n) is 4.45. The fourth-order valence-corrected chi connectivity index (χ4v) is 3.39. The van der Waals surface area contributed by atoms with Crippen LogP contribution in [0.15, 0.2) is 81.1 Å². The first-order valence-electron chi connectivity index (χ1n) is 9.27. The molecule has 2 aromatic carbocycles. The molecule has 0 bridgehead atoms. The quantitative estimate of drug-likeness (QED) is 0.459. The molecule has 0 fully saturated rings. The first kappa shape index (κ1) is 20.5. The second kappa shape index (κ2) is 8.97. The largest absolute Gasteiger partial charge is 0.333 e. The highest BCUT2D eigenvalue weighted by atomic mass is 32.2. The summed E-state index contributed by atoms with van der Waals surface area (Å²) >= 11 is 1.57. The Bertz CT molecular complexity index is 1280. The Morgan fingerprint density at radius 3 is 2.74 bits per heavy atom. The monoisotopic (exact) mass is 436 g/mol. The molecule has 0 unspecified atom stereocenters. The zero-order valence-electron chi connectivity index (χ0n) is 16.4.